The van der Waals surface area contributed by atoms with Gasteiger partial charge >= 0.3 is 5.97 Å². The SMILES string of the molecule is CCC1C(c2cc(F)cc(C(=O)NC[C@@H](N)C(=O)O)c2)CNN1C. The molecule has 1 aliphatic heterocycles. The highest BCUT2D eigenvalue weighted by Gasteiger charge is 2.32. The van der Waals surface area contributed by atoms with Crippen LogP contribution >= 0.6 is 0 Å². The third kappa shape index (κ3) is 4.08. The average molecular weight is 338 g/mol. The van der Waals surface area contributed by atoms with E-state index in [0.29, 0.717) is 6.54 Å². The summed E-state index contributed by atoms with van der Waals surface area (Å²) >= 11 is 0. The molecule has 0 spiro atoms. The molecular formula is C16H23FN4O3. The van der Waals surface area contributed by atoms with Crippen molar-refractivity contribution < 1.29 is 19.1 Å². The van der Waals surface area contributed by atoms with Gasteiger partial charge in [-0.3, -0.25) is 15.0 Å². The molecule has 0 saturated carbocycles. The van der Waals surface area contributed by atoms with Gasteiger partial charge in [0.15, 0.2) is 0 Å². The van der Waals surface area contributed by atoms with Crippen LogP contribution in [0.15, 0.2) is 18.2 Å². The Kier molecular flexibility index (Phi) is 5.87. The van der Waals surface area contributed by atoms with Gasteiger partial charge in [0.2, 0.25) is 0 Å². The van der Waals surface area contributed by atoms with E-state index in [1.807, 2.05) is 12.1 Å². The molecule has 2 rings (SSSR count). The molecule has 0 aromatic heterocycles. The molecule has 2 unspecified atom stereocenters. The van der Waals surface area contributed by atoms with E-state index in [4.69, 9.17) is 10.8 Å². The molecule has 1 heterocycles. The van der Waals surface area contributed by atoms with Crippen LogP contribution in [0.1, 0.15) is 35.2 Å². The molecule has 0 bridgehead atoms. The maximum Gasteiger partial charge on any atom is 0.322 e. The number of nitrogens with one attached hydrogen (secondary N) is 2. The zero-order valence-corrected chi connectivity index (χ0v) is 13.8. The number of halogens is 1. The van der Waals surface area contributed by atoms with Gasteiger partial charge in [0, 0.05) is 37.7 Å². The van der Waals surface area contributed by atoms with E-state index in [1.165, 1.54) is 6.07 Å². The maximum atomic E-state index is 14.0. The third-order valence-corrected chi connectivity index (χ3v) is 4.35. The Bertz CT molecular complexity index is 625. The van der Waals surface area contributed by atoms with Gasteiger partial charge in [-0.25, -0.2) is 9.40 Å². The van der Waals surface area contributed by atoms with Crippen LogP contribution in [0.4, 0.5) is 4.39 Å². The predicted octanol–water partition coefficient (Wildman–Crippen LogP) is 0.280. The molecule has 8 heteroatoms. The molecule has 1 aromatic carbocycles. The molecule has 5 N–H and O–H groups in total. The lowest BCUT2D eigenvalue weighted by atomic mass is 9.90. The van der Waals surface area contributed by atoms with Gasteiger partial charge in [0.1, 0.15) is 11.9 Å². The summed E-state index contributed by atoms with van der Waals surface area (Å²) in [6, 6.07) is 3.24. The summed E-state index contributed by atoms with van der Waals surface area (Å²) in [7, 11) is 1.94. The van der Waals surface area contributed by atoms with Crippen LogP contribution in [0, 0.1) is 5.82 Å². The summed E-state index contributed by atoms with van der Waals surface area (Å²) in [4.78, 5) is 22.8. The molecule has 1 aliphatic rings. The fraction of sp³-hybridized carbons (Fsp3) is 0.500. The maximum absolute atomic E-state index is 14.0. The lowest BCUT2D eigenvalue weighted by Gasteiger charge is -2.23. The molecular weight excluding hydrogens is 315 g/mol. The number of carbonyl (C=O) groups is 2. The Morgan fingerprint density at radius 3 is 2.83 bits per heavy atom. The second-order valence-corrected chi connectivity index (χ2v) is 5.98. The number of benzene rings is 1. The van der Waals surface area contributed by atoms with E-state index < -0.39 is 23.7 Å². The number of hydrogen-bond donors (Lipinski definition) is 4. The van der Waals surface area contributed by atoms with Crippen LogP contribution in [0.2, 0.25) is 0 Å². The number of aliphatic carboxylic acids is 1. The smallest absolute Gasteiger partial charge is 0.322 e. The number of nitrogens with two attached hydrogens (primary N) is 1. The first kappa shape index (κ1) is 18.3. The number of rotatable bonds is 6. The Morgan fingerprint density at radius 1 is 1.50 bits per heavy atom. The van der Waals surface area contributed by atoms with Crippen LogP contribution in [0.3, 0.4) is 0 Å². The van der Waals surface area contributed by atoms with E-state index in [2.05, 4.69) is 17.7 Å². The van der Waals surface area contributed by atoms with E-state index in [9.17, 15) is 14.0 Å². The summed E-state index contributed by atoms with van der Waals surface area (Å²) in [5, 5.41) is 13.2. The van der Waals surface area contributed by atoms with Crippen molar-refractivity contribution in [3.05, 3.63) is 35.1 Å². The highest BCUT2D eigenvalue weighted by Crippen LogP contribution is 2.29. The minimum absolute atomic E-state index is 0.0727. The molecule has 1 saturated heterocycles. The first-order chi connectivity index (χ1) is 11.3. The number of carboxylic acid groups (broad SMARTS) is 1. The van der Waals surface area contributed by atoms with Gasteiger partial charge in [-0.05, 0) is 30.2 Å². The van der Waals surface area contributed by atoms with Crippen LogP contribution in [-0.2, 0) is 4.79 Å². The van der Waals surface area contributed by atoms with E-state index in [0.717, 1.165) is 18.1 Å². The van der Waals surface area contributed by atoms with E-state index >= 15 is 0 Å². The quantitative estimate of drug-likeness (QED) is 0.593. The van der Waals surface area contributed by atoms with Gasteiger partial charge in [-0.1, -0.05) is 6.92 Å². The van der Waals surface area contributed by atoms with Crippen molar-refractivity contribution in [2.75, 3.05) is 20.1 Å². The minimum atomic E-state index is -1.21. The van der Waals surface area contributed by atoms with Crippen molar-refractivity contribution in [3.63, 3.8) is 0 Å². The Labute approximate surface area is 140 Å². The molecule has 0 radical (unpaired) electrons. The molecule has 3 atom stereocenters. The highest BCUT2D eigenvalue weighted by molar-refractivity contribution is 5.94. The van der Waals surface area contributed by atoms with Crippen molar-refractivity contribution in [3.8, 4) is 0 Å². The average Bonchev–Trinajstić information content (AvgIpc) is 2.92. The predicted molar refractivity (Wildman–Crippen MR) is 86.9 cm³/mol. The largest absolute Gasteiger partial charge is 0.480 e. The molecule has 0 aliphatic carbocycles. The summed E-state index contributed by atoms with van der Waals surface area (Å²) in [6.07, 6.45) is 0.889. The lowest BCUT2D eigenvalue weighted by Crippen LogP contribution is -2.42. The first-order valence-corrected chi connectivity index (χ1v) is 7.86. The molecule has 7 nitrogen and oxygen atoms in total. The Balaban J connectivity index is 2.16. The van der Waals surface area contributed by atoms with Crippen molar-refractivity contribution in [1.29, 1.82) is 0 Å². The molecule has 1 aromatic rings. The van der Waals surface area contributed by atoms with Gasteiger partial charge in [-0.2, -0.15) is 0 Å². The van der Waals surface area contributed by atoms with Crippen molar-refractivity contribution in [2.45, 2.75) is 31.3 Å². The third-order valence-electron chi connectivity index (χ3n) is 4.35. The van der Waals surface area contributed by atoms with Crippen molar-refractivity contribution in [2.24, 2.45) is 5.73 Å². The van der Waals surface area contributed by atoms with Gasteiger partial charge in [0.25, 0.3) is 5.91 Å². The first-order valence-electron chi connectivity index (χ1n) is 7.86. The fourth-order valence-electron chi connectivity index (χ4n) is 3.01. The van der Waals surface area contributed by atoms with Crippen LogP contribution in [-0.4, -0.2) is 54.2 Å². The second kappa shape index (κ2) is 7.69. The number of hydrazine groups is 1. The number of likely N-dealkylation sites (N-methyl/N-ethyl adjacent to an activating group) is 1. The summed E-state index contributed by atoms with van der Waals surface area (Å²) in [5.41, 5.74) is 9.47. The molecule has 132 valence electrons. The zero-order valence-electron chi connectivity index (χ0n) is 13.8. The molecule has 1 amide bonds. The number of hydrogen-bond acceptors (Lipinski definition) is 5. The molecule has 24 heavy (non-hydrogen) atoms. The summed E-state index contributed by atoms with van der Waals surface area (Å²) in [5.74, 6) is -2.17. The summed E-state index contributed by atoms with van der Waals surface area (Å²) in [6.45, 7) is 2.51. The van der Waals surface area contributed by atoms with Crippen molar-refractivity contribution in [1.82, 2.24) is 15.8 Å². The second-order valence-electron chi connectivity index (χ2n) is 5.98. The topological polar surface area (TPSA) is 108 Å². The van der Waals surface area contributed by atoms with E-state index in [1.54, 1.807) is 6.07 Å². The lowest BCUT2D eigenvalue weighted by molar-refractivity contribution is -0.138. The van der Waals surface area contributed by atoms with Gasteiger partial charge in [0.05, 0.1) is 0 Å². The van der Waals surface area contributed by atoms with Crippen LogP contribution in [0.25, 0.3) is 0 Å². The zero-order chi connectivity index (χ0) is 17.9. The molecule has 1 fully saturated rings. The number of carboxylic acids is 1. The highest BCUT2D eigenvalue weighted by atomic mass is 19.1. The number of nitrogens with zero attached hydrogens (tertiary/aromatic N) is 1. The van der Waals surface area contributed by atoms with E-state index in [-0.39, 0.29) is 24.1 Å². The number of carbonyl (C=O) groups excluding carboxylic acids is 1. The normalized spacial score (nSPS) is 22.3. The van der Waals surface area contributed by atoms with Gasteiger partial charge < -0.3 is 16.2 Å². The summed E-state index contributed by atoms with van der Waals surface area (Å²) < 4.78 is 14.0. The number of amides is 1. The standard InChI is InChI=1S/C16H23FN4O3/c1-3-14-12(7-20-21(14)2)9-4-10(6-11(17)5-9)15(22)19-8-13(18)16(23)24/h4-6,12-14,20H,3,7-8,18H2,1-2H3,(H,19,22)(H,23,24)/t12?,13-,14?/m1/s1. The van der Waals surface area contributed by atoms with Crippen molar-refractivity contribution >= 4 is 11.9 Å². The van der Waals surface area contributed by atoms with Crippen LogP contribution < -0.4 is 16.5 Å². The monoisotopic (exact) mass is 338 g/mol. The fourth-order valence-corrected chi connectivity index (χ4v) is 3.01. The minimum Gasteiger partial charge on any atom is -0.480 e. The van der Waals surface area contributed by atoms with Gasteiger partial charge in [-0.15, -0.1) is 0 Å². The Hall–Kier alpha value is -2.03. The van der Waals surface area contributed by atoms with Crippen LogP contribution in [0.5, 0.6) is 0 Å². The Morgan fingerprint density at radius 2 is 2.21 bits per heavy atom.